The molecule has 0 atom stereocenters. The monoisotopic (exact) mass is 355 g/mol. The van der Waals surface area contributed by atoms with Gasteiger partial charge in [0.1, 0.15) is 0 Å². The second-order valence-corrected chi connectivity index (χ2v) is 7.56. The number of hydrogen-bond acceptors (Lipinski definition) is 5. The molecule has 3 rings (SSSR count). The maximum atomic E-state index is 12.6. The molecule has 2 aromatic rings. The van der Waals surface area contributed by atoms with Crippen molar-refractivity contribution in [3.63, 3.8) is 0 Å². The third kappa shape index (κ3) is 4.69. The molecule has 6 nitrogen and oxygen atoms in total. The van der Waals surface area contributed by atoms with Gasteiger partial charge in [0.05, 0.1) is 5.69 Å². The van der Waals surface area contributed by atoms with Gasteiger partial charge in [0.2, 0.25) is 5.95 Å². The Morgan fingerprint density at radius 3 is 2.85 bits per heavy atom. The number of pyridine rings is 1. The summed E-state index contributed by atoms with van der Waals surface area (Å²) in [6.45, 7) is 8.18. The molecule has 0 bridgehead atoms. The van der Waals surface area contributed by atoms with Gasteiger partial charge in [-0.15, -0.1) is 0 Å². The summed E-state index contributed by atoms with van der Waals surface area (Å²) in [7, 11) is 1.95. The van der Waals surface area contributed by atoms with Gasteiger partial charge in [0.15, 0.2) is 0 Å². The van der Waals surface area contributed by atoms with E-state index in [9.17, 15) is 4.79 Å². The highest BCUT2D eigenvalue weighted by Gasteiger charge is 2.19. The van der Waals surface area contributed by atoms with Crippen LogP contribution in [0.2, 0.25) is 0 Å². The fourth-order valence-electron chi connectivity index (χ4n) is 3.33. The average Bonchev–Trinajstić information content (AvgIpc) is 2.83. The van der Waals surface area contributed by atoms with Crippen LogP contribution in [0, 0.1) is 5.92 Å². The number of aromatic amines is 1. The molecular formula is C20H29N5O. The van der Waals surface area contributed by atoms with Crippen molar-refractivity contribution in [2.24, 2.45) is 5.92 Å². The molecule has 1 N–H and O–H groups in total. The molecule has 0 amide bonds. The predicted octanol–water partition coefficient (Wildman–Crippen LogP) is 2.25. The maximum absolute atomic E-state index is 12.6. The van der Waals surface area contributed by atoms with Gasteiger partial charge in [-0.25, -0.2) is 4.98 Å². The van der Waals surface area contributed by atoms with E-state index >= 15 is 0 Å². The Balaban J connectivity index is 1.73. The highest BCUT2D eigenvalue weighted by Crippen LogP contribution is 2.15. The van der Waals surface area contributed by atoms with Crippen LogP contribution in [0.3, 0.4) is 0 Å². The second kappa shape index (κ2) is 8.45. The lowest BCUT2D eigenvalue weighted by Crippen LogP contribution is -2.28. The van der Waals surface area contributed by atoms with E-state index in [2.05, 4.69) is 28.7 Å². The van der Waals surface area contributed by atoms with Gasteiger partial charge in [0, 0.05) is 51.1 Å². The minimum Gasteiger partial charge on any atom is -0.341 e. The molecule has 1 aliphatic rings. The number of hydrogen-bond donors (Lipinski definition) is 1. The van der Waals surface area contributed by atoms with E-state index < -0.39 is 0 Å². The molecule has 0 spiro atoms. The number of nitrogens with zero attached hydrogens (tertiary/aromatic N) is 4. The van der Waals surface area contributed by atoms with E-state index in [4.69, 9.17) is 4.98 Å². The molecule has 0 aliphatic carbocycles. The normalized spacial score (nSPS) is 14.9. The Hall–Kier alpha value is -2.21. The highest BCUT2D eigenvalue weighted by molar-refractivity contribution is 5.34. The van der Waals surface area contributed by atoms with Crippen LogP contribution in [0.5, 0.6) is 0 Å². The van der Waals surface area contributed by atoms with Gasteiger partial charge >= 0.3 is 0 Å². The summed E-state index contributed by atoms with van der Waals surface area (Å²) in [6, 6.07) is 3.94. The summed E-state index contributed by atoms with van der Waals surface area (Å²) < 4.78 is 0. The summed E-state index contributed by atoms with van der Waals surface area (Å²) in [6.07, 6.45) is 6.41. The number of fused-ring (bicyclic) bond motifs is 1. The zero-order chi connectivity index (χ0) is 18.5. The van der Waals surface area contributed by atoms with Gasteiger partial charge in [-0.2, -0.15) is 0 Å². The van der Waals surface area contributed by atoms with E-state index in [0.717, 1.165) is 49.3 Å². The molecule has 0 saturated heterocycles. The number of rotatable bonds is 6. The molecule has 0 aromatic carbocycles. The van der Waals surface area contributed by atoms with Crippen LogP contribution in [0.4, 0.5) is 5.95 Å². The maximum Gasteiger partial charge on any atom is 0.255 e. The van der Waals surface area contributed by atoms with Crippen LogP contribution in [0.25, 0.3) is 0 Å². The fourth-order valence-corrected chi connectivity index (χ4v) is 3.33. The molecule has 26 heavy (non-hydrogen) atoms. The largest absolute Gasteiger partial charge is 0.341 e. The van der Waals surface area contributed by atoms with Gasteiger partial charge in [-0.05, 0) is 36.9 Å². The summed E-state index contributed by atoms with van der Waals surface area (Å²) in [5.74, 6) is 1.34. The lowest BCUT2D eigenvalue weighted by molar-refractivity contribution is 0.269. The van der Waals surface area contributed by atoms with Crippen molar-refractivity contribution in [3.8, 4) is 0 Å². The Labute approximate surface area is 155 Å². The Morgan fingerprint density at radius 1 is 1.31 bits per heavy atom. The van der Waals surface area contributed by atoms with Crippen LogP contribution in [-0.2, 0) is 19.4 Å². The van der Waals surface area contributed by atoms with Crippen molar-refractivity contribution in [3.05, 3.63) is 51.7 Å². The van der Waals surface area contributed by atoms with Gasteiger partial charge < -0.3 is 9.80 Å². The van der Waals surface area contributed by atoms with Crippen molar-refractivity contribution < 1.29 is 0 Å². The van der Waals surface area contributed by atoms with Crippen LogP contribution in [0.15, 0.2) is 29.3 Å². The average molecular weight is 355 g/mol. The van der Waals surface area contributed by atoms with Crippen LogP contribution >= 0.6 is 0 Å². The molecule has 2 aromatic heterocycles. The predicted molar refractivity (Wildman–Crippen MR) is 105 cm³/mol. The zero-order valence-corrected chi connectivity index (χ0v) is 16.0. The molecule has 0 unspecified atom stereocenters. The minimum absolute atomic E-state index is 0.00810. The van der Waals surface area contributed by atoms with Crippen LogP contribution in [0.1, 0.15) is 37.1 Å². The van der Waals surface area contributed by atoms with Crippen LogP contribution in [-0.4, -0.2) is 46.5 Å². The topological polar surface area (TPSA) is 65.1 Å². The second-order valence-electron chi connectivity index (χ2n) is 7.56. The van der Waals surface area contributed by atoms with E-state index in [-0.39, 0.29) is 5.56 Å². The first-order chi connectivity index (χ1) is 12.5. The fraction of sp³-hybridized carbons (Fsp3) is 0.550. The Kier molecular flexibility index (Phi) is 6.04. The van der Waals surface area contributed by atoms with Crippen molar-refractivity contribution in [1.29, 1.82) is 0 Å². The molecule has 140 valence electrons. The molecule has 6 heteroatoms. The van der Waals surface area contributed by atoms with E-state index in [0.29, 0.717) is 18.4 Å². The molecular weight excluding hydrogens is 326 g/mol. The quantitative estimate of drug-likeness (QED) is 0.861. The van der Waals surface area contributed by atoms with E-state index in [1.165, 1.54) is 6.42 Å². The van der Waals surface area contributed by atoms with E-state index in [1.807, 2.05) is 30.3 Å². The number of nitrogens with one attached hydrogen (secondary N) is 1. The Bertz CT molecular complexity index is 772. The summed E-state index contributed by atoms with van der Waals surface area (Å²) in [4.78, 5) is 28.9. The van der Waals surface area contributed by atoms with Gasteiger partial charge in [0.25, 0.3) is 5.56 Å². The van der Waals surface area contributed by atoms with Crippen LogP contribution < -0.4 is 10.5 Å². The summed E-state index contributed by atoms with van der Waals surface area (Å²) >= 11 is 0. The molecule has 0 radical (unpaired) electrons. The molecule has 0 saturated carbocycles. The smallest absolute Gasteiger partial charge is 0.255 e. The molecule has 1 aliphatic heterocycles. The summed E-state index contributed by atoms with van der Waals surface area (Å²) in [5.41, 5.74) is 2.91. The van der Waals surface area contributed by atoms with Crippen molar-refractivity contribution in [2.75, 3.05) is 31.6 Å². The summed E-state index contributed by atoms with van der Waals surface area (Å²) in [5, 5.41) is 0. The van der Waals surface area contributed by atoms with Gasteiger partial charge in [-0.3, -0.25) is 14.8 Å². The first kappa shape index (κ1) is 18.6. The third-order valence-corrected chi connectivity index (χ3v) is 4.96. The van der Waals surface area contributed by atoms with E-state index in [1.54, 1.807) is 6.20 Å². The molecule has 0 fully saturated rings. The highest BCUT2D eigenvalue weighted by atomic mass is 16.1. The molecule has 3 heterocycles. The number of anilines is 1. The first-order valence-corrected chi connectivity index (χ1v) is 9.47. The first-order valence-electron chi connectivity index (χ1n) is 9.47. The lowest BCUT2D eigenvalue weighted by Gasteiger charge is -2.20. The number of H-pyrrole nitrogens is 1. The minimum atomic E-state index is 0.00810. The standard InChI is InChI=1S/C20H29N5O/c1-15(2)6-10-25-11-7-17-18(8-12-25)22-20(23-19(17)26)24(3)14-16-5-4-9-21-13-16/h4-5,9,13,15H,6-8,10-12,14H2,1-3H3,(H,22,23,26). The van der Waals surface area contributed by atoms with Crippen molar-refractivity contribution in [2.45, 2.75) is 39.7 Å². The Morgan fingerprint density at radius 2 is 2.12 bits per heavy atom. The lowest BCUT2D eigenvalue weighted by atomic mass is 10.1. The van der Waals surface area contributed by atoms with Gasteiger partial charge in [-0.1, -0.05) is 19.9 Å². The van der Waals surface area contributed by atoms with Crippen molar-refractivity contribution >= 4 is 5.95 Å². The number of aromatic nitrogens is 3. The SMILES string of the molecule is CC(C)CCN1CCc2nc(N(C)Cc3cccnc3)[nH]c(=O)c2CC1. The van der Waals surface area contributed by atoms with Crippen molar-refractivity contribution in [1.82, 2.24) is 19.9 Å². The third-order valence-electron chi connectivity index (χ3n) is 4.96. The zero-order valence-electron chi connectivity index (χ0n) is 16.0.